The summed E-state index contributed by atoms with van der Waals surface area (Å²) in [5.41, 5.74) is -0.802. The van der Waals surface area contributed by atoms with Gasteiger partial charge in [-0.25, -0.2) is 4.79 Å². The molecule has 0 radical (unpaired) electrons. The Kier molecular flexibility index (Phi) is 8.25. The zero-order valence-corrected chi connectivity index (χ0v) is 24.3. The van der Waals surface area contributed by atoms with Gasteiger partial charge in [0, 0.05) is 23.9 Å². The second-order valence-electron chi connectivity index (χ2n) is 12.0. The Morgan fingerprint density at radius 1 is 1.07 bits per heavy atom. The van der Waals surface area contributed by atoms with Gasteiger partial charge in [-0.05, 0) is 105 Å². The van der Waals surface area contributed by atoms with Crippen LogP contribution in [-0.4, -0.2) is 29.9 Å². The van der Waals surface area contributed by atoms with Crippen LogP contribution in [0.1, 0.15) is 69.2 Å². The molecule has 6 nitrogen and oxygen atoms in total. The summed E-state index contributed by atoms with van der Waals surface area (Å²) in [7, 11) is 1.12. The molecule has 2 heterocycles. The smallest absolute Gasteiger partial charge is 0.416 e. The molecule has 2 aliphatic rings. The number of alkyl halides is 3. The molecular weight excluding hydrogens is 547 g/mol. The molecule has 224 valence electrons. The number of aryl methyl sites for hydroxylation is 1. The maximum absolute atomic E-state index is 14.8. The number of carbonyl (C=O) groups is 1. The van der Waals surface area contributed by atoms with Crippen LogP contribution in [0.3, 0.4) is 0 Å². The Morgan fingerprint density at radius 2 is 1.83 bits per heavy atom. The maximum atomic E-state index is 14.8. The number of methoxy groups -OCH3 is 1. The molecular formula is C33H36F3NO5. The summed E-state index contributed by atoms with van der Waals surface area (Å²) in [4.78, 5) is 27.1. The molecule has 1 atom stereocenters. The van der Waals surface area contributed by atoms with Gasteiger partial charge in [-0.1, -0.05) is 18.6 Å². The molecule has 2 aromatic carbocycles. The lowest BCUT2D eigenvalue weighted by Gasteiger charge is -2.31. The fraction of sp³-hybridized carbons (Fsp3) is 0.455. The largest absolute Gasteiger partial charge is 0.493 e. The highest BCUT2D eigenvalue weighted by Crippen LogP contribution is 2.47. The van der Waals surface area contributed by atoms with E-state index in [2.05, 4.69) is 0 Å². The van der Waals surface area contributed by atoms with Crippen molar-refractivity contribution in [3.8, 4) is 28.0 Å². The topological polar surface area (TPSA) is 66.8 Å². The molecule has 5 rings (SSSR count). The lowest BCUT2D eigenvalue weighted by atomic mass is 9.84. The highest BCUT2D eigenvalue weighted by molar-refractivity contribution is 5.91. The Morgan fingerprint density at radius 3 is 2.48 bits per heavy atom. The molecule has 1 aromatic heterocycles. The fourth-order valence-electron chi connectivity index (χ4n) is 5.72. The van der Waals surface area contributed by atoms with Crippen molar-refractivity contribution < 1.29 is 32.2 Å². The molecule has 0 saturated heterocycles. The van der Waals surface area contributed by atoms with E-state index in [0.717, 1.165) is 44.4 Å². The van der Waals surface area contributed by atoms with Crippen LogP contribution < -0.4 is 10.3 Å². The van der Waals surface area contributed by atoms with Crippen molar-refractivity contribution in [2.45, 2.75) is 77.3 Å². The van der Waals surface area contributed by atoms with E-state index in [1.165, 1.54) is 6.07 Å². The molecule has 1 unspecified atom stereocenters. The summed E-state index contributed by atoms with van der Waals surface area (Å²) < 4.78 is 62.7. The summed E-state index contributed by atoms with van der Waals surface area (Å²) in [5.74, 6) is 0.0915. The van der Waals surface area contributed by atoms with Crippen LogP contribution in [0.15, 0.2) is 53.5 Å². The van der Waals surface area contributed by atoms with Gasteiger partial charge in [0.05, 0.1) is 24.9 Å². The van der Waals surface area contributed by atoms with E-state index in [4.69, 9.17) is 14.2 Å². The number of pyridine rings is 1. The molecule has 9 heteroatoms. The van der Waals surface area contributed by atoms with Crippen molar-refractivity contribution in [1.29, 1.82) is 0 Å². The average Bonchev–Trinajstić information content (AvgIpc) is 2.92. The third kappa shape index (κ3) is 6.11. The van der Waals surface area contributed by atoms with Gasteiger partial charge in [0.1, 0.15) is 5.75 Å². The predicted molar refractivity (Wildman–Crippen MR) is 153 cm³/mol. The average molecular weight is 584 g/mol. The van der Waals surface area contributed by atoms with E-state index in [1.807, 2.05) is 0 Å². The minimum Gasteiger partial charge on any atom is -0.493 e. The van der Waals surface area contributed by atoms with Gasteiger partial charge in [-0.2, -0.15) is 13.2 Å². The van der Waals surface area contributed by atoms with Crippen molar-refractivity contribution in [2.24, 2.45) is 5.92 Å². The first-order valence-electron chi connectivity index (χ1n) is 14.3. The number of hydrogen-bond donors (Lipinski definition) is 0. The summed E-state index contributed by atoms with van der Waals surface area (Å²) in [6.07, 6.45) is -0.180. The number of ether oxygens (including phenoxy) is 3. The van der Waals surface area contributed by atoms with Gasteiger partial charge >= 0.3 is 12.1 Å². The molecule has 1 fully saturated rings. The van der Waals surface area contributed by atoms with E-state index in [9.17, 15) is 22.8 Å². The van der Waals surface area contributed by atoms with Gasteiger partial charge in [0.15, 0.2) is 6.10 Å². The number of carbonyl (C=O) groups excluding carboxylic acids is 1. The van der Waals surface area contributed by atoms with Crippen LogP contribution in [0, 0.1) is 5.92 Å². The second-order valence-corrected chi connectivity index (χ2v) is 12.0. The number of hydrogen-bond acceptors (Lipinski definition) is 5. The van der Waals surface area contributed by atoms with E-state index in [-0.39, 0.29) is 27.8 Å². The molecule has 42 heavy (non-hydrogen) atoms. The Labute approximate surface area is 243 Å². The van der Waals surface area contributed by atoms with E-state index < -0.39 is 29.4 Å². The van der Waals surface area contributed by atoms with Crippen molar-refractivity contribution in [3.05, 3.63) is 75.7 Å². The summed E-state index contributed by atoms with van der Waals surface area (Å²) >= 11 is 0. The van der Waals surface area contributed by atoms with Gasteiger partial charge in [-0.3, -0.25) is 4.79 Å². The standard InChI is InChI=1S/C33H36F3NO5/c1-32(2,3)42-29(31(39)40-4)28-25(33(34,35)36)14-13-23(24-11-6-16-37(30(24)38)19-20-8-5-9-20)27(28)22-12-15-26-21(18-22)10-7-17-41-26/h6,11-16,18,20,29H,5,7-10,17,19H2,1-4H3. The zero-order chi connectivity index (χ0) is 30.2. The van der Waals surface area contributed by atoms with Gasteiger partial charge in [-0.15, -0.1) is 0 Å². The van der Waals surface area contributed by atoms with Crippen molar-refractivity contribution >= 4 is 5.97 Å². The first-order chi connectivity index (χ1) is 19.9. The van der Waals surface area contributed by atoms with E-state index in [0.29, 0.717) is 36.8 Å². The first kappa shape index (κ1) is 29.9. The zero-order valence-electron chi connectivity index (χ0n) is 24.3. The van der Waals surface area contributed by atoms with Crippen LogP contribution >= 0.6 is 0 Å². The van der Waals surface area contributed by atoms with Gasteiger partial charge < -0.3 is 18.8 Å². The Bertz CT molecular complexity index is 1530. The predicted octanol–water partition coefficient (Wildman–Crippen LogP) is 7.36. The highest BCUT2D eigenvalue weighted by atomic mass is 19.4. The van der Waals surface area contributed by atoms with Crippen LogP contribution in [0.4, 0.5) is 13.2 Å². The third-order valence-corrected chi connectivity index (χ3v) is 7.89. The third-order valence-electron chi connectivity index (χ3n) is 7.89. The minimum absolute atomic E-state index is 0.108. The molecule has 1 aliphatic heterocycles. The van der Waals surface area contributed by atoms with Crippen LogP contribution in [0.2, 0.25) is 0 Å². The molecule has 1 saturated carbocycles. The summed E-state index contributed by atoms with van der Waals surface area (Å²) in [6.45, 7) is 6.08. The molecule has 0 spiro atoms. The number of rotatable bonds is 7. The van der Waals surface area contributed by atoms with Crippen LogP contribution in [0.25, 0.3) is 22.3 Å². The lowest BCUT2D eigenvalue weighted by Crippen LogP contribution is -2.31. The second kappa shape index (κ2) is 11.6. The molecule has 0 N–H and O–H groups in total. The number of benzene rings is 2. The molecule has 1 aliphatic carbocycles. The van der Waals surface area contributed by atoms with E-state index in [1.54, 1.807) is 61.9 Å². The van der Waals surface area contributed by atoms with Crippen LogP contribution in [-0.2, 0) is 33.4 Å². The van der Waals surface area contributed by atoms with Crippen molar-refractivity contribution in [3.63, 3.8) is 0 Å². The summed E-state index contributed by atoms with van der Waals surface area (Å²) in [6, 6.07) is 10.8. The normalized spacial score (nSPS) is 16.3. The number of esters is 1. The number of halogens is 3. The SMILES string of the molecule is COC(=O)C(OC(C)(C)C)c1c(C(F)(F)F)ccc(-c2cccn(CC3CCC3)c2=O)c1-c1ccc2c(c1)CCCO2. The fourth-order valence-corrected chi connectivity index (χ4v) is 5.72. The monoisotopic (exact) mass is 583 g/mol. The maximum Gasteiger partial charge on any atom is 0.416 e. The Balaban J connectivity index is 1.84. The number of nitrogens with zero attached hydrogens (tertiary/aromatic N) is 1. The highest BCUT2D eigenvalue weighted by Gasteiger charge is 2.42. The van der Waals surface area contributed by atoms with Crippen molar-refractivity contribution in [2.75, 3.05) is 13.7 Å². The van der Waals surface area contributed by atoms with Crippen LogP contribution in [0.5, 0.6) is 5.75 Å². The minimum atomic E-state index is -4.82. The molecule has 0 bridgehead atoms. The van der Waals surface area contributed by atoms with Gasteiger partial charge in [0.2, 0.25) is 0 Å². The van der Waals surface area contributed by atoms with Crippen molar-refractivity contribution in [1.82, 2.24) is 4.57 Å². The molecule has 3 aromatic rings. The van der Waals surface area contributed by atoms with Gasteiger partial charge in [0.25, 0.3) is 5.56 Å². The quantitative estimate of drug-likeness (QED) is 0.272. The summed E-state index contributed by atoms with van der Waals surface area (Å²) in [5, 5.41) is 0. The number of aromatic nitrogens is 1. The Hall–Kier alpha value is -3.59. The van der Waals surface area contributed by atoms with E-state index >= 15 is 0 Å². The lowest BCUT2D eigenvalue weighted by molar-refractivity contribution is -0.166. The number of fused-ring (bicyclic) bond motifs is 1. The molecule has 0 amide bonds. The first-order valence-corrected chi connectivity index (χ1v) is 14.3.